The molecule has 0 aliphatic heterocycles. The number of ether oxygens (including phenoxy) is 1. The molecule has 0 bridgehead atoms. The second-order valence-electron chi connectivity index (χ2n) is 2.14. The SMILES string of the molecule is [C-]#[O+].[C-]#[O+].[C-]#[O+].[C-]#[O+].[C-]#[O+].[CH2-]/C=C/C(=O)Oc1ccccc1.[Mn]. The zero-order valence-corrected chi connectivity index (χ0v) is 12.7. The van der Waals surface area contributed by atoms with Gasteiger partial charge in [-0.25, -0.2) is 13.0 Å². The molecule has 1 aromatic rings. The Morgan fingerprint density at radius 3 is 1.52 bits per heavy atom. The predicted molar refractivity (Wildman–Crippen MR) is 66.2 cm³/mol. The van der Waals surface area contributed by atoms with Crippen LogP contribution in [0.2, 0.25) is 0 Å². The van der Waals surface area contributed by atoms with Crippen LogP contribution in [-0.2, 0) is 45.1 Å². The maximum absolute atomic E-state index is 10.9. The molecule has 23 heavy (non-hydrogen) atoms. The number of para-hydroxylation sites is 1. The minimum atomic E-state index is -0.406. The first-order chi connectivity index (χ1) is 10.8. The number of rotatable bonds is 2. The molecule has 0 saturated heterocycles. The van der Waals surface area contributed by atoms with Gasteiger partial charge >= 0.3 is 56.5 Å². The largest absolute Gasteiger partial charge is 0.437 e. The molecule has 0 saturated carbocycles. The third-order valence-electron chi connectivity index (χ3n) is 1.22. The number of carbonyl (C=O) groups is 1. The van der Waals surface area contributed by atoms with E-state index in [1.165, 1.54) is 12.2 Å². The summed E-state index contributed by atoms with van der Waals surface area (Å²) in [6.45, 7) is 25.9. The fraction of sp³-hybridized carbons (Fsp3) is 0. The molecular weight excluding hydrogens is 347 g/mol. The topological polar surface area (TPSA) is 126 Å². The third-order valence-corrected chi connectivity index (χ3v) is 1.22. The summed E-state index contributed by atoms with van der Waals surface area (Å²) in [6, 6.07) is 8.89. The summed E-state index contributed by atoms with van der Waals surface area (Å²) in [7, 11) is 0. The second kappa shape index (κ2) is 50.4. The van der Waals surface area contributed by atoms with Gasteiger partial charge in [0.15, 0.2) is 0 Å². The zero-order chi connectivity index (χ0) is 18.8. The first-order valence-corrected chi connectivity index (χ1v) is 4.57. The van der Waals surface area contributed by atoms with Gasteiger partial charge in [0.05, 0.1) is 0 Å². The molecule has 7 nitrogen and oxygen atoms in total. The predicted octanol–water partition coefficient (Wildman–Crippen LogP) is 1.79. The van der Waals surface area contributed by atoms with E-state index >= 15 is 0 Å². The van der Waals surface area contributed by atoms with Crippen molar-refractivity contribution in [1.29, 1.82) is 0 Å². The van der Waals surface area contributed by atoms with Crippen LogP contribution in [0.15, 0.2) is 42.5 Å². The molecule has 0 heterocycles. The van der Waals surface area contributed by atoms with Crippen molar-refractivity contribution in [2.75, 3.05) is 0 Å². The molecule has 1 radical (unpaired) electrons. The smallest absolute Gasteiger partial charge is 0.253 e. The molecular formula is C15H9MnO7-. The van der Waals surface area contributed by atoms with Gasteiger partial charge in [-0.05, 0) is 12.1 Å². The fourth-order valence-corrected chi connectivity index (χ4v) is 0.735. The summed E-state index contributed by atoms with van der Waals surface area (Å²) >= 11 is 0. The van der Waals surface area contributed by atoms with Crippen molar-refractivity contribution in [1.82, 2.24) is 0 Å². The quantitative estimate of drug-likeness (QED) is 0.200. The second-order valence-corrected chi connectivity index (χ2v) is 2.14. The van der Waals surface area contributed by atoms with Gasteiger partial charge in [-0.2, -0.15) is 0 Å². The first-order valence-electron chi connectivity index (χ1n) is 4.57. The molecule has 1 aromatic carbocycles. The summed E-state index contributed by atoms with van der Waals surface area (Å²) < 4.78 is 42.4. The van der Waals surface area contributed by atoms with Gasteiger partial charge in [0, 0.05) is 17.1 Å². The molecule has 0 spiro atoms. The van der Waals surface area contributed by atoms with Crippen molar-refractivity contribution in [2.45, 2.75) is 0 Å². The number of hydrogen-bond acceptors (Lipinski definition) is 2. The number of esters is 1. The van der Waals surface area contributed by atoms with Crippen molar-refractivity contribution in [3.8, 4) is 5.75 Å². The molecule has 0 atom stereocenters. The minimum Gasteiger partial charge on any atom is -0.437 e. The normalized spacial score (nSPS) is 5.65. The maximum Gasteiger partial charge on any atom is 0.253 e. The number of carbonyl (C=O) groups excluding carboxylic acids is 1. The average molecular weight is 356 g/mol. The Hall–Kier alpha value is -2.48. The van der Waals surface area contributed by atoms with E-state index in [0.717, 1.165) is 0 Å². The Kier molecular flexibility index (Phi) is 81.3. The third kappa shape index (κ3) is 38.2. The van der Waals surface area contributed by atoms with Crippen LogP contribution in [0.3, 0.4) is 0 Å². The van der Waals surface area contributed by atoms with Gasteiger partial charge in [-0.3, -0.25) is 4.79 Å². The number of hydrogen-bond donors (Lipinski definition) is 0. The van der Waals surface area contributed by atoms with E-state index in [4.69, 9.17) is 28.0 Å². The fourth-order valence-electron chi connectivity index (χ4n) is 0.735. The molecule has 1 rings (SSSR count). The summed E-state index contributed by atoms with van der Waals surface area (Å²) in [5, 5.41) is 0. The number of allylic oxidation sites excluding steroid dienone is 1. The van der Waals surface area contributed by atoms with Crippen molar-refractivity contribution in [3.05, 3.63) is 82.7 Å². The monoisotopic (exact) mass is 356 g/mol. The van der Waals surface area contributed by atoms with Crippen LogP contribution in [0.4, 0.5) is 0 Å². The summed E-state index contributed by atoms with van der Waals surface area (Å²) in [6.07, 6.45) is 2.66. The van der Waals surface area contributed by atoms with Crippen LogP contribution in [0.5, 0.6) is 5.75 Å². The van der Waals surface area contributed by atoms with Crippen molar-refractivity contribution < 1.29 is 49.9 Å². The Morgan fingerprint density at radius 2 is 1.22 bits per heavy atom. The van der Waals surface area contributed by atoms with Crippen LogP contribution in [0, 0.1) is 40.2 Å². The Morgan fingerprint density at radius 1 is 0.870 bits per heavy atom. The van der Waals surface area contributed by atoms with Crippen LogP contribution >= 0.6 is 0 Å². The molecule has 8 heteroatoms. The van der Waals surface area contributed by atoms with E-state index in [1.54, 1.807) is 24.3 Å². The zero-order valence-electron chi connectivity index (χ0n) is 11.5. The van der Waals surface area contributed by atoms with Crippen molar-refractivity contribution in [2.24, 2.45) is 0 Å². The van der Waals surface area contributed by atoms with Crippen LogP contribution in [-0.4, -0.2) is 5.97 Å². The summed E-state index contributed by atoms with van der Waals surface area (Å²) in [5.74, 6) is 0.136. The first kappa shape index (κ1) is 37.1. The molecule has 0 N–H and O–H groups in total. The molecule has 0 aliphatic rings. The summed E-state index contributed by atoms with van der Waals surface area (Å²) in [5.41, 5.74) is 0. The molecule has 0 aromatic heterocycles. The van der Waals surface area contributed by atoms with Crippen molar-refractivity contribution in [3.63, 3.8) is 0 Å². The van der Waals surface area contributed by atoms with Crippen LogP contribution < -0.4 is 4.74 Å². The maximum atomic E-state index is 10.9. The van der Waals surface area contributed by atoms with Gasteiger partial charge < -0.3 is 4.74 Å². The van der Waals surface area contributed by atoms with Crippen LogP contribution in [0.25, 0.3) is 0 Å². The number of benzene rings is 1. The van der Waals surface area contributed by atoms with Crippen molar-refractivity contribution >= 4 is 5.97 Å². The van der Waals surface area contributed by atoms with E-state index in [9.17, 15) is 4.79 Å². The average Bonchev–Trinajstić information content (AvgIpc) is 2.65. The Labute approximate surface area is 144 Å². The van der Waals surface area contributed by atoms with Gasteiger partial charge in [-0.1, -0.05) is 18.2 Å². The molecule has 0 amide bonds. The summed E-state index contributed by atoms with van der Waals surface area (Å²) in [4.78, 5) is 10.9. The minimum absolute atomic E-state index is 0. The Balaban J connectivity index is -0.0000000565. The van der Waals surface area contributed by atoms with Gasteiger partial charge in [-0.15, -0.1) is 6.08 Å². The molecule has 0 aliphatic carbocycles. The van der Waals surface area contributed by atoms with Crippen LogP contribution in [0.1, 0.15) is 0 Å². The van der Waals surface area contributed by atoms with Gasteiger partial charge in [0.1, 0.15) is 5.75 Å². The molecule has 0 fully saturated rings. The van der Waals surface area contributed by atoms with Gasteiger partial charge in [0.2, 0.25) is 0 Å². The Bertz CT molecular complexity index is 435. The van der Waals surface area contributed by atoms with E-state index in [2.05, 4.69) is 40.2 Å². The standard InChI is InChI=1S/C10H9O2.5CO.Mn/c1-2-6-10(11)12-9-7-4-3-5-8-9;5*1-2;/h2-8H,1H2;;;;;;/q-1;;;;;;/b6-2+;;;;;;. The van der Waals surface area contributed by atoms with E-state index in [1.807, 2.05) is 6.07 Å². The molecule has 0 unspecified atom stereocenters. The van der Waals surface area contributed by atoms with E-state index in [-0.39, 0.29) is 17.1 Å². The van der Waals surface area contributed by atoms with Gasteiger partial charge in [0.25, 0.3) is 5.97 Å². The molecule has 119 valence electrons. The van der Waals surface area contributed by atoms with E-state index < -0.39 is 5.97 Å². The van der Waals surface area contributed by atoms with E-state index in [0.29, 0.717) is 5.75 Å².